The number of hydrogen-bond acceptors (Lipinski definition) is 6. The molecule has 3 heterocycles. The molecule has 5 rings (SSSR count). The fraction of sp³-hybridized carbons (Fsp3) is 0.654. The van der Waals surface area contributed by atoms with Gasteiger partial charge in [0.05, 0.1) is 17.1 Å². The normalized spacial score (nSPS) is 26.2. The van der Waals surface area contributed by atoms with E-state index in [1.165, 1.54) is 23.0 Å². The fourth-order valence-corrected chi connectivity index (χ4v) is 5.77. The molecule has 9 heteroatoms. The van der Waals surface area contributed by atoms with Gasteiger partial charge in [-0.2, -0.15) is 0 Å². The molecular weight excluding hydrogens is 446 g/mol. The summed E-state index contributed by atoms with van der Waals surface area (Å²) >= 11 is 0. The Bertz CT molecular complexity index is 1140. The Morgan fingerprint density at radius 1 is 1.09 bits per heavy atom. The van der Waals surface area contributed by atoms with E-state index in [2.05, 4.69) is 27.7 Å². The number of rotatable bonds is 8. The molecule has 3 aliphatic rings. The van der Waals surface area contributed by atoms with Gasteiger partial charge in [0.25, 0.3) is 0 Å². The maximum Gasteiger partial charge on any atom is 0.329 e. The van der Waals surface area contributed by atoms with Crippen LogP contribution in [0.3, 0.4) is 0 Å². The summed E-state index contributed by atoms with van der Waals surface area (Å²) in [6, 6.07) is 6.06. The number of carbonyl (C=O) groups excluding carboxylic acids is 2. The third kappa shape index (κ3) is 5.08. The van der Waals surface area contributed by atoms with E-state index in [0.29, 0.717) is 18.6 Å². The zero-order valence-electron chi connectivity index (χ0n) is 20.8. The quantitative estimate of drug-likeness (QED) is 0.555. The lowest BCUT2D eigenvalue weighted by Gasteiger charge is -2.36. The topological polar surface area (TPSA) is 97.6 Å². The molecule has 1 unspecified atom stereocenters. The molecule has 2 aliphatic heterocycles. The number of imidazole rings is 1. The van der Waals surface area contributed by atoms with E-state index in [-0.39, 0.29) is 18.0 Å². The van der Waals surface area contributed by atoms with Crippen LogP contribution in [-0.2, 0) is 27.9 Å². The van der Waals surface area contributed by atoms with Crippen molar-refractivity contribution in [2.75, 3.05) is 26.7 Å². The van der Waals surface area contributed by atoms with Crippen molar-refractivity contribution in [3.05, 3.63) is 34.2 Å². The minimum Gasteiger partial charge on any atom is -0.378 e. The van der Waals surface area contributed by atoms with Crippen LogP contribution in [0.25, 0.3) is 11.0 Å². The van der Waals surface area contributed by atoms with Crippen molar-refractivity contribution < 1.29 is 14.3 Å². The molecule has 1 aliphatic carbocycles. The highest BCUT2D eigenvalue weighted by Gasteiger charge is 2.31. The number of nitrogens with one attached hydrogen (secondary N) is 2. The van der Waals surface area contributed by atoms with Gasteiger partial charge in [-0.1, -0.05) is 6.07 Å². The minimum absolute atomic E-state index is 0.224. The highest BCUT2D eigenvalue weighted by Crippen LogP contribution is 2.27. The van der Waals surface area contributed by atoms with Crippen LogP contribution in [0.15, 0.2) is 23.0 Å². The van der Waals surface area contributed by atoms with Crippen molar-refractivity contribution >= 4 is 22.8 Å². The van der Waals surface area contributed by atoms with Crippen LogP contribution in [0, 0.1) is 5.92 Å². The van der Waals surface area contributed by atoms with Crippen LogP contribution in [0.4, 0.5) is 0 Å². The molecule has 1 aromatic carbocycles. The second-order valence-corrected chi connectivity index (χ2v) is 10.5. The van der Waals surface area contributed by atoms with Gasteiger partial charge in [-0.3, -0.25) is 28.9 Å². The number of aromatic nitrogens is 2. The molecule has 2 N–H and O–H groups in total. The van der Waals surface area contributed by atoms with Gasteiger partial charge in [0, 0.05) is 32.7 Å². The number of hydrogen-bond donors (Lipinski definition) is 2. The molecule has 2 amide bonds. The van der Waals surface area contributed by atoms with Crippen LogP contribution < -0.4 is 16.3 Å². The molecule has 1 atom stereocenters. The van der Waals surface area contributed by atoms with Crippen molar-refractivity contribution in [3.8, 4) is 0 Å². The average molecular weight is 484 g/mol. The van der Waals surface area contributed by atoms with E-state index in [4.69, 9.17) is 4.74 Å². The van der Waals surface area contributed by atoms with Gasteiger partial charge in [-0.05, 0) is 82.3 Å². The van der Waals surface area contributed by atoms with Crippen molar-refractivity contribution in [2.45, 2.75) is 69.7 Å². The number of fused-ring (bicyclic) bond motifs is 1. The van der Waals surface area contributed by atoms with Crippen LogP contribution in [-0.4, -0.2) is 64.7 Å². The molecule has 3 fully saturated rings. The van der Waals surface area contributed by atoms with Gasteiger partial charge in [-0.25, -0.2) is 4.79 Å². The van der Waals surface area contributed by atoms with E-state index in [1.807, 2.05) is 13.1 Å². The first kappa shape index (κ1) is 24.2. The standard InChI is InChI=1S/C26H37N5O4/c1-27-19-14-20(15-19)35-12-9-17-7-10-30(11-8-17)16-18-3-4-21-23(13-18)29(2)26(34)31(21)22-5-6-24(32)28-25(22)33/h3-4,13,17,19-20,22,27H,5-12,14-16H2,1-2H3,(H,28,32,33)/t19-,20-,22?. The number of imide groups is 1. The maximum absolute atomic E-state index is 13.0. The van der Waals surface area contributed by atoms with Crippen LogP contribution in [0.1, 0.15) is 56.6 Å². The molecule has 1 aromatic heterocycles. The minimum atomic E-state index is -0.646. The first-order valence-corrected chi connectivity index (χ1v) is 13.0. The van der Waals surface area contributed by atoms with Gasteiger partial charge in [0.15, 0.2) is 0 Å². The number of nitrogens with zero attached hydrogens (tertiary/aromatic N) is 3. The Balaban J connectivity index is 1.16. The highest BCUT2D eigenvalue weighted by molar-refractivity contribution is 6.00. The Hall–Kier alpha value is -2.49. The first-order chi connectivity index (χ1) is 16.9. The molecule has 0 spiro atoms. The molecule has 1 saturated carbocycles. The van der Waals surface area contributed by atoms with Gasteiger partial charge >= 0.3 is 5.69 Å². The summed E-state index contributed by atoms with van der Waals surface area (Å²) in [5.74, 6) is 0.0551. The summed E-state index contributed by atoms with van der Waals surface area (Å²) in [5, 5.41) is 5.66. The van der Waals surface area contributed by atoms with Gasteiger partial charge in [0.2, 0.25) is 11.8 Å². The first-order valence-electron chi connectivity index (χ1n) is 13.0. The van der Waals surface area contributed by atoms with Crippen molar-refractivity contribution in [2.24, 2.45) is 13.0 Å². The molecule has 190 valence electrons. The number of carbonyl (C=O) groups is 2. The summed E-state index contributed by atoms with van der Waals surface area (Å²) in [6.45, 7) is 3.87. The average Bonchev–Trinajstić information content (AvgIpc) is 3.06. The van der Waals surface area contributed by atoms with Crippen LogP contribution in [0.2, 0.25) is 0 Å². The summed E-state index contributed by atoms with van der Waals surface area (Å²) in [5.41, 5.74) is 2.50. The zero-order valence-corrected chi connectivity index (χ0v) is 20.8. The van der Waals surface area contributed by atoms with Crippen LogP contribution in [0.5, 0.6) is 0 Å². The smallest absolute Gasteiger partial charge is 0.329 e. The van der Waals surface area contributed by atoms with Crippen molar-refractivity contribution in [3.63, 3.8) is 0 Å². The van der Waals surface area contributed by atoms with Crippen LogP contribution >= 0.6 is 0 Å². The predicted octanol–water partition coefficient (Wildman–Crippen LogP) is 1.69. The Labute approximate surface area is 205 Å². The lowest BCUT2D eigenvalue weighted by Crippen LogP contribution is -2.44. The van der Waals surface area contributed by atoms with E-state index in [0.717, 1.165) is 62.5 Å². The lowest BCUT2D eigenvalue weighted by atomic mass is 9.89. The summed E-state index contributed by atoms with van der Waals surface area (Å²) in [6.07, 6.45) is 6.86. The summed E-state index contributed by atoms with van der Waals surface area (Å²) in [4.78, 5) is 39.4. The third-order valence-electron chi connectivity index (χ3n) is 8.17. The maximum atomic E-state index is 13.0. The van der Waals surface area contributed by atoms with E-state index in [1.54, 1.807) is 11.6 Å². The predicted molar refractivity (Wildman–Crippen MR) is 133 cm³/mol. The SMILES string of the molecule is CN[C@H]1C[C@H](OCCC2CCN(Cc3ccc4c(c3)n(C)c(=O)n4C3CCC(=O)NC3=O)CC2)C1. The summed E-state index contributed by atoms with van der Waals surface area (Å²) in [7, 11) is 3.76. The molecular formula is C26H37N5O4. The molecule has 9 nitrogen and oxygen atoms in total. The summed E-state index contributed by atoms with van der Waals surface area (Å²) < 4.78 is 9.18. The number of likely N-dealkylation sites (tertiary alicyclic amines) is 1. The third-order valence-corrected chi connectivity index (χ3v) is 8.17. The Morgan fingerprint density at radius 3 is 2.57 bits per heavy atom. The number of aryl methyl sites for hydroxylation is 1. The second-order valence-electron chi connectivity index (χ2n) is 10.5. The van der Waals surface area contributed by atoms with E-state index in [9.17, 15) is 14.4 Å². The number of benzene rings is 1. The van der Waals surface area contributed by atoms with E-state index >= 15 is 0 Å². The van der Waals surface area contributed by atoms with Gasteiger partial charge in [0.1, 0.15) is 6.04 Å². The highest BCUT2D eigenvalue weighted by atomic mass is 16.5. The largest absolute Gasteiger partial charge is 0.378 e. The number of ether oxygens (including phenoxy) is 1. The number of piperidine rings is 2. The zero-order chi connectivity index (χ0) is 24.5. The van der Waals surface area contributed by atoms with Crippen molar-refractivity contribution in [1.82, 2.24) is 24.7 Å². The molecule has 0 bridgehead atoms. The number of amides is 2. The molecule has 0 radical (unpaired) electrons. The Morgan fingerprint density at radius 2 is 1.86 bits per heavy atom. The lowest BCUT2D eigenvalue weighted by molar-refractivity contribution is -0.135. The van der Waals surface area contributed by atoms with Crippen molar-refractivity contribution in [1.29, 1.82) is 0 Å². The second kappa shape index (κ2) is 10.2. The monoisotopic (exact) mass is 483 g/mol. The molecule has 2 aromatic rings. The van der Waals surface area contributed by atoms with E-state index < -0.39 is 11.9 Å². The fourth-order valence-electron chi connectivity index (χ4n) is 5.77. The van der Waals surface area contributed by atoms with Gasteiger partial charge in [-0.15, -0.1) is 0 Å². The molecule has 35 heavy (non-hydrogen) atoms. The van der Waals surface area contributed by atoms with Gasteiger partial charge < -0.3 is 10.1 Å². The Kier molecular flexibility index (Phi) is 7.09. The molecule has 2 saturated heterocycles.